The van der Waals surface area contributed by atoms with Gasteiger partial charge < -0.3 is 4.74 Å². The van der Waals surface area contributed by atoms with E-state index in [2.05, 4.69) is 0 Å². The molecule has 1 aliphatic rings. The number of thiocarbonyl (C=S) groups is 1. The summed E-state index contributed by atoms with van der Waals surface area (Å²) in [5.41, 5.74) is 3.66. The molecule has 1 amide bonds. The summed E-state index contributed by atoms with van der Waals surface area (Å²) >= 11 is 6.67. The number of likely N-dealkylation sites (N-methyl/N-ethyl adjacent to an activating group) is 1. The van der Waals surface area contributed by atoms with E-state index in [0.717, 1.165) is 16.8 Å². The Morgan fingerprint density at radius 1 is 1.06 bits per heavy atom. The predicted octanol–water partition coefficient (Wildman–Crippen LogP) is 6.48. The van der Waals surface area contributed by atoms with Gasteiger partial charge in [0, 0.05) is 29.4 Å². The first-order valence-corrected chi connectivity index (χ1v) is 12.6. The monoisotopic (exact) mass is 515 g/mol. The molecule has 0 spiro atoms. The van der Waals surface area contributed by atoms with E-state index in [1.54, 1.807) is 27.8 Å². The molecule has 0 unspecified atom stereocenters. The smallest absolute Gasteiger partial charge is 0.266 e. The van der Waals surface area contributed by atoms with Crippen molar-refractivity contribution in [2.24, 2.45) is 0 Å². The van der Waals surface area contributed by atoms with E-state index in [1.165, 1.54) is 17.8 Å². The summed E-state index contributed by atoms with van der Waals surface area (Å²) in [6.07, 6.45) is 3.74. The minimum absolute atomic E-state index is 0.104. The molecule has 0 saturated carbocycles. The van der Waals surface area contributed by atoms with Crippen LogP contribution in [0.15, 0.2) is 90.0 Å². The van der Waals surface area contributed by atoms with Crippen molar-refractivity contribution in [3.8, 4) is 22.7 Å². The van der Waals surface area contributed by atoms with Gasteiger partial charge in [0.15, 0.2) is 0 Å². The number of hydrogen-bond donors (Lipinski definition) is 0. The largest absolute Gasteiger partial charge is 0.489 e. The highest BCUT2D eigenvalue weighted by Gasteiger charge is 2.31. The van der Waals surface area contributed by atoms with Crippen LogP contribution in [0, 0.1) is 5.82 Å². The average Bonchev–Trinajstić information content (AvgIpc) is 3.44. The standard InChI is InChI=1S/C28H22FN3O2S2/c1-2-31-27(33)25(36-28(31)35)16-21-17-32(22-11-4-3-5-12-22)30-26(21)19-10-8-13-23(15-19)34-18-20-9-6-7-14-24(20)29/h3-17H,2,18H2,1H3. The first kappa shape index (κ1) is 24.0. The SMILES string of the molecule is CCN1C(=O)C(=Cc2cn(-c3ccccc3)nc2-c2cccc(OCc3ccccc3F)c2)SC1=S. The van der Waals surface area contributed by atoms with Crippen LogP contribution >= 0.6 is 24.0 Å². The summed E-state index contributed by atoms with van der Waals surface area (Å²) in [5, 5.41) is 4.84. The summed E-state index contributed by atoms with van der Waals surface area (Å²) in [7, 11) is 0. The number of amides is 1. The van der Waals surface area contributed by atoms with Gasteiger partial charge in [0.05, 0.1) is 10.6 Å². The third kappa shape index (κ3) is 4.96. The van der Waals surface area contributed by atoms with Gasteiger partial charge in [-0.2, -0.15) is 5.10 Å². The van der Waals surface area contributed by atoms with E-state index in [1.807, 2.05) is 73.8 Å². The second-order valence-electron chi connectivity index (χ2n) is 8.05. The molecule has 0 atom stereocenters. The maximum atomic E-state index is 14.0. The van der Waals surface area contributed by atoms with Crippen molar-refractivity contribution in [3.63, 3.8) is 0 Å². The summed E-state index contributed by atoms with van der Waals surface area (Å²) in [6.45, 7) is 2.54. The first-order valence-electron chi connectivity index (χ1n) is 11.4. The zero-order chi connectivity index (χ0) is 25.1. The number of rotatable bonds is 7. The van der Waals surface area contributed by atoms with Gasteiger partial charge in [0.2, 0.25) is 0 Å². The molecule has 180 valence electrons. The lowest BCUT2D eigenvalue weighted by Crippen LogP contribution is -2.27. The number of halogens is 1. The van der Waals surface area contributed by atoms with Crippen LogP contribution in [-0.4, -0.2) is 31.5 Å². The molecule has 2 heterocycles. The van der Waals surface area contributed by atoms with Gasteiger partial charge in [-0.05, 0) is 43.3 Å². The summed E-state index contributed by atoms with van der Waals surface area (Å²) < 4.78 is 22.2. The summed E-state index contributed by atoms with van der Waals surface area (Å²) in [5.74, 6) is 0.183. The Morgan fingerprint density at radius 3 is 2.58 bits per heavy atom. The number of benzene rings is 3. The van der Waals surface area contributed by atoms with Gasteiger partial charge >= 0.3 is 0 Å². The number of ether oxygens (including phenoxy) is 1. The number of hydrogen-bond acceptors (Lipinski definition) is 5. The van der Waals surface area contributed by atoms with Gasteiger partial charge in [0.1, 0.15) is 28.2 Å². The molecule has 4 aromatic rings. The van der Waals surface area contributed by atoms with Crippen LogP contribution in [0.1, 0.15) is 18.1 Å². The molecule has 0 bridgehead atoms. The first-order chi connectivity index (χ1) is 17.5. The summed E-state index contributed by atoms with van der Waals surface area (Å²) in [6, 6.07) is 23.8. The fraction of sp³-hybridized carbons (Fsp3) is 0.107. The molecule has 1 saturated heterocycles. The lowest BCUT2D eigenvalue weighted by Gasteiger charge is -2.09. The van der Waals surface area contributed by atoms with Crippen molar-refractivity contribution in [1.82, 2.24) is 14.7 Å². The quantitative estimate of drug-likeness (QED) is 0.208. The zero-order valence-electron chi connectivity index (χ0n) is 19.4. The van der Waals surface area contributed by atoms with Crippen LogP contribution in [0.5, 0.6) is 5.75 Å². The molecule has 0 aliphatic carbocycles. The Bertz CT molecular complexity index is 1470. The molecule has 1 aliphatic heterocycles. The van der Waals surface area contributed by atoms with Crippen molar-refractivity contribution >= 4 is 40.3 Å². The minimum atomic E-state index is -0.304. The molecule has 36 heavy (non-hydrogen) atoms. The molecule has 5 nitrogen and oxygen atoms in total. The fourth-order valence-electron chi connectivity index (χ4n) is 3.85. The number of nitrogens with zero attached hydrogens (tertiary/aromatic N) is 3. The van der Waals surface area contributed by atoms with Crippen molar-refractivity contribution in [1.29, 1.82) is 0 Å². The predicted molar refractivity (Wildman–Crippen MR) is 145 cm³/mol. The van der Waals surface area contributed by atoms with E-state index in [0.29, 0.717) is 32.8 Å². The van der Waals surface area contributed by atoms with Crippen molar-refractivity contribution in [2.45, 2.75) is 13.5 Å². The molecule has 1 fully saturated rings. The maximum Gasteiger partial charge on any atom is 0.266 e. The topological polar surface area (TPSA) is 47.4 Å². The van der Waals surface area contributed by atoms with Gasteiger partial charge in [-0.15, -0.1) is 0 Å². The van der Waals surface area contributed by atoms with E-state index in [9.17, 15) is 9.18 Å². The van der Waals surface area contributed by atoms with E-state index < -0.39 is 0 Å². The third-order valence-electron chi connectivity index (χ3n) is 5.70. The molecule has 1 aromatic heterocycles. The second kappa shape index (κ2) is 10.5. The lowest BCUT2D eigenvalue weighted by molar-refractivity contribution is -0.121. The van der Waals surface area contributed by atoms with Gasteiger partial charge in [-0.1, -0.05) is 72.5 Å². The molecule has 0 radical (unpaired) electrons. The zero-order valence-corrected chi connectivity index (χ0v) is 21.1. The Kier molecular flexibility index (Phi) is 6.97. The minimum Gasteiger partial charge on any atom is -0.489 e. The molecule has 3 aromatic carbocycles. The highest BCUT2D eigenvalue weighted by molar-refractivity contribution is 8.26. The maximum absolute atomic E-state index is 14.0. The molecule has 5 rings (SSSR count). The lowest BCUT2D eigenvalue weighted by atomic mass is 10.1. The van der Waals surface area contributed by atoms with E-state index in [-0.39, 0.29) is 18.3 Å². The van der Waals surface area contributed by atoms with Gasteiger partial charge in [0.25, 0.3) is 5.91 Å². The van der Waals surface area contributed by atoms with Crippen LogP contribution in [-0.2, 0) is 11.4 Å². The third-order valence-corrected chi connectivity index (χ3v) is 7.08. The molecule has 8 heteroatoms. The van der Waals surface area contributed by atoms with Crippen LogP contribution in [0.4, 0.5) is 4.39 Å². The van der Waals surface area contributed by atoms with Gasteiger partial charge in [-0.3, -0.25) is 9.69 Å². The number of thioether (sulfide) groups is 1. The van der Waals surface area contributed by atoms with Gasteiger partial charge in [-0.25, -0.2) is 9.07 Å². The van der Waals surface area contributed by atoms with Crippen molar-refractivity contribution in [2.75, 3.05) is 6.54 Å². The van der Waals surface area contributed by atoms with Crippen molar-refractivity contribution in [3.05, 3.63) is 107 Å². The highest BCUT2D eigenvalue weighted by Crippen LogP contribution is 2.35. The number of para-hydroxylation sites is 1. The van der Waals surface area contributed by atoms with Crippen LogP contribution < -0.4 is 4.74 Å². The van der Waals surface area contributed by atoms with Crippen LogP contribution in [0.3, 0.4) is 0 Å². The average molecular weight is 516 g/mol. The van der Waals surface area contributed by atoms with Crippen LogP contribution in [0.2, 0.25) is 0 Å². The Morgan fingerprint density at radius 2 is 1.83 bits per heavy atom. The Balaban J connectivity index is 1.51. The normalized spacial score (nSPS) is 14.6. The number of aromatic nitrogens is 2. The summed E-state index contributed by atoms with van der Waals surface area (Å²) in [4.78, 5) is 15.0. The number of carbonyl (C=O) groups excluding carboxylic acids is 1. The van der Waals surface area contributed by atoms with Crippen molar-refractivity contribution < 1.29 is 13.9 Å². The van der Waals surface area contributed by atoms with E-state index >= 15 is 0 Å². The molecule has 0 N–H and O–H groups in total. The molecular formula is C28H22FN3O2S2. The Hall–Kier alpha value is -3.75. The fourth-order valence-corrected chi connectivity index (χ4v) is 5.23. The van der Waals surface area contributed by atoms with Crippen LogP contribution in [0.25, 0.3) is 23.0 Å². The number of carbonyl (C=O) groups is 1. The second-order valence-corrected chi connectivity index (χ2v) is 9.72. The Labute approximate surface area is 218 Å². The molecular weight excluding hydrogens is 493 g/mol. The highest BCUT2D eigenvalue weighted by atomic mass is 32.2. The van der Waals surface area contributed by atoms with E-state index in [4.69, 9.17) is 22.1 Å².